The van der Waals surface area contributed by atoms with Crippen LogP contribution >= 0.6 is 0 Å². The minimum absolute atomic E-state index is 0.104. The standard InChI is InChI=1S/C18H23N5O/c1-2-15-20-21-16-12-22(10-11-23(15)16)17(13-6-4-3-5-7-13)18(24)19-14-8-9-14/h3-7,14,17H,2,8-12H2,1H3,(H,19,24)/t17-/m0/s1. The molecular formula is C18H23N5O. The van der Waals surface area contributed by atoms with E-state index >= 15 is 0 Å². The first-order valence-corrected chi connectivity index (χ1v) is 8.76. The average molecular weight is 325 g/mol. The average Bonchev–Trinajstić information content (AvgIpc) is 3.32. The monoisotopic (exact) mass is 325 g/mol. The van der Waals surface area contributed by atoms with Crippen LogP contribution in [0.4, 0.5) is 0 Å². The van der Waals surface area contributed by atoms with Gasteiger partial charge in [-0.1, -0.05) is 37.3 Å². The summed E-state index contributed by atoms with van der Waals surface area (Å²) in [6, 6.07) is 10.1. The lowest BCUT2D eigenvalue weighted by Gasteiger charge is -2.34. The molecule has 2 heterocycles. The lowest BCUT2D eigenvalue weighted by atomic mass is 10.0. The van der Waals surface area contributed by atoms with Gasteiger partial charge in [0.15, 0.2) is 0 Å². The molecule has 0 unspecified atom stereocenters. The van der Waals surface area contributed by atoms with Crippen LogP contribution < -0.4 is 5.32 Å². The van der Waals surface area contributed by atoms with Crippen LogP contribution in [0.25, 0.3) is 0 Å². The molecule has 0 saturated heterocycles. The van der Waals surface area contributed by atoms with E-state index in [4.69, 9.17) is 0 Å². The SMILES string of the molecule is CCc1nnc2n1CCN([C@H](C(=O)NC1CC1)c1ccccc1)C2. The van der Waals surface area contributed by atoms with Crippen LogP contribution in [0.1, 0.15) is 43.0 Å². The van der Waals surface area contributed by atoms with Crippen LogP contribution in [0.3, 0.4) is 0 Å². The normalized spacial score (nSPS) is 18.9. The number of rotatable bonds is 5. The Hall–Kier alpha value is -2.21. The van der Waals surface area contributed by atoms with Gasteiger partial charge in [-0.15, -0.1) is 10.2 Å². The highest BCUT2D eigenvalue weighted by atomic mass is 16.2. The third-order valence-corrected chi connectivity index (χ3v) is 4.83. The minimum atomic E-state index is -0.262. The number of aryl methyl sites for hydroxylation is 1. The molecule has 1 aliphatic carbocycles. The topological polar surface area (TPSA) is 63.1 Å². The van der Waals surface area contributed by atoms with Crippen LogP contribution in [-0.4, -0.2) is 38.2 Å². The summed E-state index contributed by atoms with van der Waals surface area (Å²) >= 11 is 0. The summed E-state index contributed by atoms with van der Waals surface area (Å²) in [6.45, 7) is 4.42. The largest absolute Gasteiger partial charge is 0.352 e. The zero-order chi connectivity index (χ0) is 16.5. The molecule has 6 nitrogen and oxygen atoms in total. The van der Waals surface area contributed by atoms with Gasteiger partial charge in [0.2, 0.25) is 5.91 Å². The summed E-state index contributed by atoms with van der Waals surface area (Å²) in [5.41, 5.74) is 1.04. The second-order valence-corrected chi connectivity index (χ2v) is 6.60. The van der Waals surface area contributed by atoms with Crippen molar-refractivity contribution in [3.05, 3.63) is 47.5 Å². The first-order chi connectivity index (χ1) is 11.8. The summed E-state index contributed by atoms with van der Waals surface area (Å²) in [4.78, 5) is 15.1. The summed E-state index contributed by atoms with van der Waals surface area (Å²) < 4.78 is 2.19. The quantitative estimate of drug-likeness (QED) is 0.908. The molecule has 0 radical (unpaired) electrons. The number of aromatic nitrogens is 3. The molecule has 1 N–H and O–H groups in total. The van der Waals surface area contributed by atoms with Crippen LogP contribution in [0.15, 0.2) is 30.3 Å². The Morgan fingerprint density at radius 2 is 2.04 bits per heavy atom. The smallest absolute Gasteiger partial charge is 0.242 e. The van der Waals surface area contributed by atoms with E-state index in [1.54, 1.807) is 0 Å². The molecule has 0 spiro atoms. The molecule has 24 heavy (non-hydrogen) atoms. The van der Waals surface area contributed by atoms with Crippen molar-refractivity contribution in [2.24, 2.45) is 0 Å². The Kier molecular flexibility index (Phi) is 4.06. The van der Waals surface area contributed by atoms with E-state index < -0.39 is 0 Å². The first kappa shape index (κ1) is 15.3. The number of carbonyl (C=O) groups is 1. The van der Waals surface area contributed by atoms with E-state index in [1.807, 2.05) is 30.3 Å². The van der Waals surface area contributed by atoms with Gasteiger partial charge < -0.3 is 9.88 Å². The van der Waals surface area contributed by atoms with Crippen LogP contribution in [0.5, 0.6) is 0 Å². The molecule has 4 rings (SSSR count). The van der Waals surface area contributed by atoms with E-state index in [9.17, 15) is 4.79 Å². The van der Waals surface area contributed by atoms with E-state index in [0.29, 0.717) is 12.6 Å². The maximum atomic E-state index is 12.9. The molecule has 1 saturated carbocycles. The molecule has 6 heteroatoms. The van der Waals surface area contributed by atoms with E-state index in [2.05, 4.69) is 31.9 Å². The Bertz CT molecular complexity index is 722. The molecule has 1 aliphatic heterocycles. The lowest BCUT2D eigenvalue weighted by Crippen LogP contribution is -2.44. The summed E-state index contributed by atoms with van der Waals surface area (Å²) in [5, 5.41) is 11.8. The maximum Gasteiger partial charge on any atom is 0.242 e. The minimum Gasteiger partial charge on any atom is -0.352 e. The van der Waals surface area contributed by atoms with Gasteiger partial charge in [-0.3, -0.25) is 9.69 Å². The Morgan fingerprint density at radius 1 is 1.25 bits per heavy atom. The number of hydrogen-bond acceptors (Lipinski definition) is 4. The zero-order valence-electron chi connectivity index (χ0n) is 14.0. The van der Waals surface area contributed by atoms with Crippen molar-refractivity contribution in [3.63, 3.8) is 0 Å². The van der Waals surface area contributed by atoms with E-state index in [1.165, 1.54) is 0 Å². The van der Waals surface area contributed by atoms with Crippen LogP contribution in [-0.2, 0) is 24.3 Å². The predicted octanol–water partition coefficient (Wildman–Crippen LogP) is 1.68. The van der Waals surface area contributed by atoms with Gasteiger partial charge in [-0.2, -0.15) is 0 Å². The van der Waals surface area contributed by atoms with Crippen LogP contribution in [0, 0.1) is 0 Å². The van der Waals surface area contributed by atoms with Crippen molar-refractivity contribution >= 4 is 5.91 Å². The molecule has 1 aromatic heterocycles. The molecule has 1 amide bonds. The van der Waals surface area contributed by atoms with Crippen molar-refractivity contribution in [2.45, 2.75) is 51.4 Å². The Morgan fingerprint density at radius 3 is 2.75 bits per heavy atom. The molecule has 1 aromatic carbocycles. The van der Waals surface area contributed by atoms with Gasteiger partial charge >= 0.3 is 0 Å². The molecule has 126 valence electrons. The van der Waals surface area contributed by atoms with Crippen molar-refractivity contribution in [2.75, 3.05) is 6.54 Å². The molecule has 1 fully saturated rings. The maximum absolute atomic E-state index is 12.9. The molecule has 2 aromatic rings. The molecule has 2 aliphatic rings. The summed E-state index contributed by atoms with van der Waals surface area (Å²) in [5.74, 6) is 2.09. The van der Waals surface area contributed by atoms with Crippen molar-refractivity contribution in [1.29, 1.82) is 0 Å². The van der Waals surface area contributed by atoms with Crippen molar-refractivity contribution < 1.29 is 4.79 Å². The fourth-order valence-corrected chi connectivity index (χ4v) is 3.39. The molecular weight excluding hydrogens is 302 g/mol. The number of nitrogens with zero attached hydrogens (tertiary/aromatic N) is 4. The number of fused-ring (bicyclic) bond motifs is 1. The second kappa shape index (κ2) is 6.36. The third-order valence-electron chi connectivity index (χ3n) is 4.83. The van der Waals surface area contributed by atoms with Crippen LogP contribution in [0.2, 0.25) is 0 Å². The number of hydrogen-bond donors (Lipinski definition) is 1. The first-order valence-electron chi connectivity index (χ1n) is 8.76. The highest BCUT2D eigenvalue weighted by Gasteiger charge is 2.34. The molecule has 1 atom stereocenters. The highest BCUT2D eigenvalue weighted by molar-refractivity contribution is 5.83. The predicted molar refractivity (Wildman–Crippen MR) is 90.2 cm³/mol. The van der Waals surface area contributed by atoms with Gasteiger partial charge in [0, 0.05) is 25.6 Å². The number of benzene rings is 1. The van der Waals surface area contributed by atoms with Gasteiger partial charge in [0.25, 0.3) is 0 Å². The van der Waals surface area contributed by atoms with Gasteiger partial charge in [-0.05, 0) is 18.4 Å². The van der Waals surface area contributed by atoms with Crippen molar-refractivity contribution in [3.8, 4) is 0 Å². The number of carbonyl (C=O) groups excluding carboxylic acids is 1. The van der Waals surface area contributed by atoms with E-state index in [-0.39, 0.29) is 11.9 Å². The van der Waals surface area contributed by atoms with Gasteiger partial charge in [0.05, 0.1) is 6.54 Å². The summed E-state index contributed by atoms with van der Waals surface area (Å²) in [7, 11) is 0. The van der Waals surface area contributed by atoms with Crippen molar-refractivity contribution in [1.82, 2.24) is 25.0 Å². The number of amides is 1. The Labute approximate surface area is 141 Å². The highest BCUT2D eigenvalue weighted by Crippen LogP contribution is 2.28. The fourth-order valence-electron chi connectivity index (χ4n) is 3.39. The Balaban J connectivity index is 1.60. The van der Waals surface area contributed by atoms with Gasteiger partial charge in [-0.25, -0.2) is 0 Å². The molecule has 0 bridgehead atoms. The third kappa shape index (κ3) is 2.94. The second-order valence-electron chi connectivity index (χ2n) is 6.60. The van der Waals surface area contributed by atoms with E-state index in [0.717, 1.165) is 49.6 Å². The number of nitrogens with one attached hydrogen (secondary N) is 1. The zero-order valence-corrected chi connectivity index (χ0v) is 14.0. The summed E-state index contributed by atoms with van der Waals surface area (Å²) in [6.07, 6.45) is 3.08. The fraction of sp³-hybridized carbons (Fsp3) is 0.500. The lowest BCUT2D eigenvalue weighted by molar-refractivity contribution is -0.127. The van der Waals surface area contributed by atoms with Gasteiger partial charge in [0.1, 0.15) is 17.7 Å².